The van der Waals surface area contributed by atoms with Crippen LogP contribution in [0.25, 0.3) is 0 Å². The zero-order valence-electron chi connectivity index (χ0n) is 15.1. The van der Waals surface area contributed by atoms with Crippen molar-refractivity contribution in [2.75, 3.05) is 26.9 Å². The van der Waals surface area contributed by atoms with Crippen molar-refractivity contribution >= 4 is 33.7 Å². The van der Waals surface area contributed by atoms with Gasteiger partial charge in [-0.05, 0) is 48.9 Å². The molecule has 2 aromatic rings. The van der Waals surface area contributed by atoms with Crippen molar-refractivity contribution < 1.29 is 28.6 Å². The van der Waals surface area contributed by atoms with E-state index >= 15 is 0 Å². The number of fused-ring (bicyclic) bond motifs is 1. The van der Waals surface area contributed by atoms with E-state index in [-0.39, 0.29) is 31.6 Å². The fourth-order valence-electron chi connectivity index (χ4n) is 2.73. The van der Waals surface area contributed by atoms with Crippen LogP contribution in [0.4, 0.5) is 0 Å². The summed E-state index contributed by atoms with van der Waals surface area (Å²) in [6.07, 6.45) is 0.348. The van der Waals surface area contributed by atoms with Crippen LogP contribution in [0.3, 0.4) is 0 Å². The average Bonchev–Trinajstić information content (AvgIpc) is 2.94. The highest BCUT2D eigenvalue weighted by atomic mass is 79.9. The fourth-order valence-corrected chi connectivity index (χ4v) is 3.09. The Labute approximate surface area is 170 Å². The third kappa shape index (κ3) is 4.51. The molecule has 3 rings (SSSR count). The van der Waals surface area contributed by atoms with Crippen molar-refractivity contribution in [1.29, 1.82) is 0 Å². The second-order valence-corrected chi connectivity index (χ2v) is 6.91. The van der Waals surface area contributed by atoms with E-state index < -0.39 is 5.97 Å². The number of esters is 1. The predicted molar refractivity (Wildman–Crippen MR) is 104 cm³/mol. The third-order valence-corrected chi connectivity index (χ3v) is 4.63. The lowest BCUT2D eigenvalue weighted by atomic mass is 10.1. The Balaban J connectivity index is 1.40. The molecule has 1 aliphatic rings. The zero-order valence-corrected chi connectivity index (χ0v) is 16.7. The quantitative estimate of drug-likeness (QED) is 0.351. The Hall–Kier alpha value is -2.87. The van der Waals surface area contributed by atoms with Crippen LogP contribution < -0.4 is 9.47 Å². The first-order valence-electron chi connectivity index (χ1n) is 8.58. The molecule has 0 spiro atoms. The number of hydrogen-bond acceptors (Lipinski definition) is 6. The van der Waals surface area contributed by atoms with Crippen LogP contribution in [0, 0.1) is 0 Å². The summed E-state index contributed by atoms with van der Waals surface area (Å²) in [5.41, 5.74) is 0.766. The van der Waals surface area contributed by atoms with Crippen molar-refractivity contribution in [2.45, 2.75) is 6.42 Å². The van der Waals surface area contributed by atoms with Gasteiger partial charge in [0.25, 0.3) is 11.8 Å². The summed E-state index contributed by atoms with van der Waals surface area (Å²) in [6, 6.07) is 11.8. The van der Waals surface area contributed by atoms with Crippen molar-refractivity contribution in [2.24, 2.45) is 0 Å². The third-order valence-electron chi connectivity index (χ3n) is 4.14. The first-order chi connectivity index (χ1) is 13.5. The number of carbonyl (C=O) groups excluding carboxylic acids is 3. The summed E-state index contributed by atoms with van der Waals surface area (Å²) in [7, 11) is 1.56. The van der Waals surface area contributed by atoms with Gasteiger partial charge in [-0.2, -0.15) is 0 Å². The number of imide groups is 1. The van der Waals surface area contributed by atoms with Gasteiger partial charge in [-0.25, -0.2) is 4.79 Å². The number of nitrogens with zero attached hydrogens (tertiary/aromatic N) is 1. The minimum Gasteiger partial charge on any atom is -0.497 e. The van der Waals surface area contributed by atoms with Crippen LogP contribution in [-0.4, -0.2) is 49.6 Å². The van der Waals surface area contributed by atoms with Gasteiger partial charge < -0.3 is 14.2 Å². The second kappa shape index (κ2) is 8.88. The van der Waals surface area contributed by atoms with Crippen LogP contribution in [0.1, 0.15) is 27.1 Å². The normalized spacial score (nSPS) is 12.7. The molecule has 146 valence electrons. The van der Waals surface area contributed by atoms with Gasteiger partial charge in [-0.15, -0.1) is 0 Å². The average molecular weight is 448 g/mol. The lowest BCUT2D eigenvalue weighted by Crippen LogP contribution is -2.31. The number of halogens is 1. The van der Waals surface area contributed by atoms with Crippen molar-refractivity contribution in [1.82, 2.24) is 4.90 Å². The van der Waals surface area contributed by atoms with Gasteiger partial charge in [0.2, 0.25) is 0 Å². The number of carbonyl (C=O) groups is 3. The zero-order chi connectivity index (χ0) is 20.1. The molecule has 0 atom stereocenters. The molecule has 0 fully saturated rings. The SMILES string of the molecule is COc1ccc(OCC(=O)OCCCN2C(=O)c3ccc(Br)cc3C2=O)cc1. The highest BCUT2D eigenvalue weighted by Crippen LogP contribution is 2.26. The summed E-state index contributed by atoms with van der Waals surface area (Å²) < 4.78 is 16.2. The maximum atomic E-state index is 12.3. The van der Waals surface area contributed by atoms with Crippen LogP contribution in [0.15, 0.2) is 46.9 Å². The van der Waals surface area contributed by atoms with E-state index in [4.69, 9.17) is 14.2 Å². The van der Waals surface area contributed by atoms with E-state index in [9.17, 15) is 14.4 Å². The Morgan fingerprint density at radius 2 is 1.68 bits per heavy atom. The number of hydrogen-bond donors (Lipinski definition) is 0. The van der Waals surface area contributed by atoms with Gasteiger partial charge in [0.1, 0.15) is 11.5 Å². The lowest BCUT2D eigenvalue weighted by molar-refractivity contribution is -0.146. The Bertz CT molecular complexity index is 896. The van der Waals surface area contributed by atoms with Gasteiger partial charge in [-0.3, -0.25) is 14.5 Å². The smallest absolute Gasteiger partial charge is 0.344 e. The van der Waals surface area contributed by atoms with Gasteiger partial charge in [-0.1, -0.05) is 15.9 Å². The molecule has 0 N–H and O–H groups in total. The molecule has 0 bridgehead atoms. The predicted octanol–water partition coefficient (Wildman–Crippen LogP) is 3.07. The monoisotopic (exact) mass is 447 g/mol. The van der Waals surface area contributed by atoms with E-state index in [1.54, 1.807) is 49.6 Å². The van der Waals surface area contributed by atoms with Gasteiger partial charge >= 0.3 is 5.97 Å². The molecule has 0 saturated carbocycles. The largest absolute Gasteiger partial charge is 0.497 e. The summed E-state index contributed by atoms with van der Waals surface area (Å²) in [5, 5.41) is 0. The first-order valence-corrected chi connectivity index (χ1v) is 9.37. The van der Waals surface area contributed by atoms with E-state index in [1.165, 1.54) is 4.90 Å². The standard InChI is InChI=1S/C20H18BrNO6/c1-26-14-4-6-15(7-5-14)28-12-18(23)27-10-2-9-22-19(24)16-8-3-13(21)11-17(16)20(22)25/h3-8,11H,2,9-10,12H2,1H3. The van der Waals surface area contributed by atoms with Crippen molar-refractivity contribution in [3.63, 3.8) is 0 Å². The molecule has 8 heteroatoms. The topological polar surface area (TPSA) is 82.1 Å². The fraction of sp³-hybridized carbons (Fsp3) is 0.250. The van der Waals surface area contributed by atoms with Crippen LogP contribution in [0.5, 0.6) is 11.5 Å². The molecule has 0 aliphatic carbocycles. The van der Waals surface area contributed by atoms with E-state index in [2.05, 4.69) is 15.9 Å². The molecule has 1 heterocycles. The number of ether oxygens (including phenoxy) is 3. The van der Waals surface area contributed by atoms with Gasteiger partial charge in [0.05, 0.1) is 24.8 Å². The van der Waals surface area contributed by atoms with Crippen LogP contribution in [0.2, 0.25) is 0 Å². The van der Waals surface area contributed by atoms with E-state index in [0.29, 0.717) is 29.0 Å². The molecule has 1 aliphatic heterocycles. The molecular weight excluding hydrogens is 430 g/mol. The Morgan fingerprint density at radius 1 is 1.00 bits per heavy atom. The van der Waals surface area contributed by atoms with Gasteiger partial charge in [0.15, 0.2) is 6.61 Å². The molecule has 2 amide bonds. The Kier molecular flexibility index (Phi) is 6.30. The maximum Gasteiger partial charge on any atom is 0.344 e. The maximum absolute atomic E-state index is 12.3. The molecular formula is C20H18BrNO6. The second-order valence-electron chi connectivity index (χ2n) is 5.99. The summed E-state index contributed by atoms with van der Waals surface area (Å²) in [4.78, 5) is 37.6. The summed E-state index contributed by atoms with van der Waals surface area (Å²) in [6.45, 7) is 0.0336. The Morgan fingerprint density at radius 3 is 2.39 bits per heavy atom. The molecule has 0 unspecified atom stereocenters. The van der Waals surface area contributed by atoms with Crippen molar-refractivity contribution in [3.8, 4) is 11.5 Å². The first kappa shape index (κ1) is 19.9. The number of rotatable bonds is 8. The molecule has 0 saturated heterocycles. The molecule has 0 radical (unpaired) electrons. The highest BCUT2D eigenvalue weighted by Gasteiger charge is 2.35. The molecule has 0 aromatic heterocycles. The number of amides is 2. The van der Waals surface area contributed by atoms with E-state index in [1.807, 2.05) is 0 Å². The summed E-state index contributed by atoms with van der Waals surface area (Å²) >= 11 is 3.29. The molecule has 28 heavy (non-hydrogen) atoms. The van der Waals surface area contributed by atoms with Crippen molar-refractivity contribution in [3.05, 3.63) is 58.1 Å². The van der Waals surface area contributed by atoms with Crippen LogP contribution in [-0.2, 0) is 9.53 Å². The van der Waals surface area contributed by atoms with Gasteiger partial charge in [0, 0.05) is 11.0 Å². The van der Waals surface area contributed by atoms with E-state index in [0.717, 1.165) is 4.47 Å². The number of benzene rings is 2. The number of methoxy groups -OCH3 is 1. The molecule has 2 aromatic carbocycles. The molecule has 7 nitrogen and oxygen atoms in total. The lowest BCUT2D eigenvalue weighted by Gasteiger charge is -2.13. The minimum atomic E-state index is -0.526. The minimum absolute atomic E-state index is 0.0852. The highest BCUT2D eigenvalue weighted by molar-refractivity contribution is 9.10. The van der Waals surface area contributed by atoms with Crippen LogP contribution >= 0.6 is 15.9 Å². The summed E-state index contributed by atoms with van der Waals surface area (Å²) in [5.74, 6) is 0.0182.